The molecule has 4 rings (SSSR count). The van der Waals surface area contributed by atoms with Gasteiger partial charge < -0.3 is 14.6 Å². The van der Waals surface area contributed by atoms with Crippen molar-refractivity contribution in [2.24, 2.45) is 0 Å². The fourth-order valence-electron chi connectivity index (χ4n) is 2.56. The molecule has 2 N–H and O–H groups in total. The largest absolute Gasteiger partial charge is 0.508 e. The zero-order valence-electron chi connectivity index (χ0n) is 11.2. The molecule has 0 atom stereocenters. The van der Waals surface area contributed by atoms with Crippen LogP contribution >= 0.6 is 11.6 Å². The van der Waals surface area contributed by atoms with E-state index < -0.39 is 0 Å². The summed E-state index contributed by atoms with van der Waals surface area (Å²) in [6.45, 7) is 0. The summed E-state index contributed by atoms with van der Waals surface area (Å²) in [5.74, 6) is 0.727. The van der Waals surface area contributed by atoms with E-state index in [2.05, 4.69) is 4.98 Å². The van der Waals surface area contributed by atoms with Gasteiger partial charge in [0, 0.05) is 22.5 Å². The monoisotopic (exact) mass is 311 g/mol. The van der Waals surface area contributed by atoms with Crippen LogP contribution in [0.1, 0.15) is 0 Å². The van der Waals surface area contributed by atoms with Gasteiger partial charge in [0.05, 0.1) is 5.02 Å². The lowest BCUT2D eigenvalue weighted by Gasteiger charge is -2.07. The third kappa shape index (κ3) is 1.89. The fraction of sp³-hybridized carbons (Fsp3) is 0. The van der Waals surface area contributed by atoms with Gasteiger partial charge in [-0.15, -0.1) is 0 Å². The third-order valence-corrected chi connectivity index (χ3v) is 3.87. The van der Waals surface area contributed by atoms with Crippen LogP contribution in [0.3, 0.4) is 0 Å². The van der Waals surface area contributed by atoms with E-state index in [0.717, 1.165) is 16.3 Å². The predicted octanol–water partition coefficient (Wildman–Crippen LogP) is 4.71. The van der Waals surface area contributed by atoms with Crippen LogP contribution in [-0.2, 0) is 0 Å². The van der Waals surface area contributed by atoms with Crippen LogP contribution in [0.15, 0.2) is 53.1 Å². The molecule has 5 heteroatoms. The Morgan fingerprint density at radius 1 is 1.05 bits per heavy atom. The Bertz CT molecular complexity index is 1020. The third-order valence-electron chi connectivity index (χ3n) is 3.58. The minimum atomic E-state index is -0.0465. The standard InChI is InChI=1S/C17H10ClNO3/c18-13-8-12(11-2-1-5-19-16(11)17(13)21)15-7-9-6-10(20)3-4-14(9)22-15/h1-8,20-21H. The van der Waals surface area contributed by atoms with Crippen molar-refractivity contribution in [2.45, 2.75) is 0 Å². The van der Waals surface area contributed by atoms with Crippen LogP contribution in [-0.4, -0.2) is 15.2 Å². The van der Waals surface area contributed by atoms with Crippen molar-refractivity contribution >= 4 is 33.5 Å². The van der Waals surface area contributed by atoms with Gasteiger partial charge in [0.25, 0.3) is 0 Å². The van der Waals surface area contributed by atoms with Gasteiger partial charge in [-0.1, -0.05) is 17.7 Å². The molecule has 0 unspecified atom stereocenters. The number of aromatic nitrogens is 1. The quantitative estimate of drug-likeness (QED) is 0.534. The summed E-state index contributed by atoms with van der Waals surface area (Å²) in [6.07, 6.45) is 1.60. The molecule has 0 saturated heterocycles. The number of phenols is 2. The average Bonchev–Trinajstić information content (AvgIpc) is 2.93. The molecule has 4 nitrogen and oxygen atoms in total. The summed E-state index contributed by atoms with van der Waals surface area (Å²) >= 11 is 6.09. The SMILES string of the molecule is Oc1ccc2oc(-c3cc(Cl)c(O)c4ncccc34)cc2c1. The molecule has 108 valence electrons. The van der Waals surface area contributed by atoms with Crippen molar-refractivity contribution in [2.75, 3.05) is 0 Å². The number of fused-ring (bicyclic) bond motifs is 2. The van der Waals surface area contributed by atoms with Gasteiger partial charge in [-0.2, -0.15) is 0 Å². The van der Waals surface area contributed by atoms with Gasteiger partial charge in [0.1, 0.15) is 22.6 Å². The molecule has 0 radical (unpaired) electrons. The molecular weight excluding hydrogens is 302 g/mol. The maximum absolute atomic E-state index is 10.0. The Labute approximate surface area is 130 Å². The van der Waals surface area contributed by atoms with E-state index in [9.17, 15) is 10.2 Å². The van der Waals surface area contributed by atoms with E-state index in [1.54, 1.807) is 36.5 Å². The Morgan fingerprint density at radius 3 is 2.77 bits per heavy atom. The Morgan fingerprint density at radius 2 is 1.91 bits per heavy atom. The Hall–Kier alpha value is -2.72. The Kier molecular flexibility index (Phi) is 2.74. The number of aromatic hydroxyl groups is 2. The zero-order valence-corrected chi connectivity index (χ0v) is 12.0. The van der Waals surface area contributed by atoms with Crippen molar-refractivity contribution in [3.63, 3.8) is 0 Å². The minimum Gasteiger partial charge on any atom is -0.508 e. The van der Waals surface area contributed by atoms with E-state index >= 15 is 0 Å². The van der Waals surface area contributed by atoms with Gasteiger partial charge in [-0.05, 0) is 36.4 Å². The normalized spacial score (nSPS) is 11.3. The number of hydrogen-bond acceptors (Lipinski definition) is 4. The maximum atomic E-state index is 10.0. The molecular formula is C17H10ClNO3. The fourth-order valence-corrected chi connectivity index (χ4v) is 2.76. The van der Waals surface area contributed by atoms with E-state index in [-0.39, 0.29) is 16.5 Å². The lowest BCUT2D eigenvalue weighted by molar-refractivity contribution is 0.476. The summed E-state index contributed by atoms with van der Waals surface area (Å²) in [5.41, 5.74) is 1.82. The highest BCUT2D eigenvalue weighted by molar-refractivity contribution is 6.33. The van der Waals surface area contributed by atoms with Crippen LogP contribution in [0.5, 0.6) is 11.5 Å². The second kappa shape index (κ2) is 4.64. The summed E-state index contributed by atoms with van der Waals surface area (Å²) < 4.78 is 5.83. The lowest BCUT2D eigenvalue weighted by Crippen LogP contribution is -1.84. The van der Waals surface area contributed by atoms with Crippen LogP contribution in [0, 0.1) is 0 Å². The summed E-state index contributed by atoms with van der Waals surface area (Å²) in [7, 11) is 0. The molecule has 0 saturated carbocycles. The van der Waals surface area contributed by atoms with Crippen LogP contribution in [0.4, 0.5) is 0 Å². The number of hydrogen-bond donors (Lipinski definition) is 2. The first-order valence-electron chi connectivity index (χ1n) is 6.62. The Balaban J connectivity index is 2.05. The second-order valence-corrected chi connectivity index (χ2v) is 5.39. The second-order valence-electron chi connectivity index (χ2n) is 4.99. The van der Waals surface area contributed by atoms with Crippen LogP contribution < -0.4 is 0 Å². The first-order valence-corrected chi connectivity index (χ1v) is 7.00. The highest BCUT2D eigenvalue weighted by Crippen LogP contribution is 2.40. The molecule has 2 aromatic heterocycles. The summed E-state index contributed by atoms with van der Waals surface area (Å²) in [4.78, 5) is 4.18. The number of nitrogens with zero attached hydrogens (tertiary/aromatic N) is 1. The molecule has 4 aromatic rings. The molecule has 0 aliphatic rings. The van der Waals surface area contributed by atoms with Gasteiger partial charge in [-0.3, -0.25) is 4.98 Å². The first kappa shape index (κ1) is 13.0. The molecule has 0 spiro atoms. The number of pyridine rings is 1. The van der Waals surface area contributed by atoms with Crippen molar-refractivity contribution in [1.82, 2.24) is 4.98 Å². The van der Waals surface area contributed by atoms with Crippen LogP contribution in [0.2, 0.25) is 5.02 Å². The molecule has 2 heterocycles. The molecule has 0 amide bonds. The first-order chi connectivity index (χ1) is 10.6. The molecule has 22 heavy (non-hydrogen) atoms. The van der Waals surface area contributed by atoms with Crippen molar-refractivity contribution in [1.29, 1.82) is 0 Å². The highest BCUT2D eigenvalue weighted by Gasteiger charge is 2.15. The van der Waals surface area contributed by atoms with Gasteiger partial charge >= 0.3 is 0 Å². The smallest absolute Gasteiger partial charge is 0.160 e. The van der Waals surface area contributed by atoms with Crippen molar-refractivity contribution in [3.8, 4) is 22.8 Å². The lowest BCUT2D eigenvalue weighted by atomic mass is 10.1. The highest BCUT2D eigenvalue weighted by atomic mass is 35.5. The van der Waals surface area contributed by atoms with Gasteiger partial charge in [0.15, 0.2) is 5.75 Å². The number of benzene rings is 2. The number of halogens is 1. The number of rotatable bonds is 1. The van der Waals surface area contributed by atoms with Crippen molar-refractivity contribution in [3.05, 3.63) is 53.7 Å². The zero-order chi connectivity index (χ0) is 15.3. The molecule has 0 fully saturated rings. The number of furan rings is 1. The van der Waals surface area contributed by atoms with Crippen molar-refractivity contribution < 1.29 is 14.6 Å². The van der Waals surface area contributed by atoms with Gasteiger partial charge in [0.2, 0.25) is 0 Å². The van der Waals surface area contributed by atoms with Crippen LogP contribution in [0.25, 0.3) is 33.2 Å². The minimum absolute atomic E-state index is 0.0465. The molecule has 0 aliphatic carbocycles. The summed E-state index contributed by atoms with van der Waals surface area (Å²) in [6, 6.07) is 12.0. The molecule has 2 aromatic carbocycles. The molecule has 0 bridgehead atoms. The summed E-state index contributed by atoms with van der Waals surface area (Å²) in [5, 5.41) is 21.3. The predicted molar refractivity (Wildman–Crippen MR) is 85.3 cm³/mol. The maximum Gasteiger partial charge on any atom is 0.160 e. The number of phenolic OH excluding ortho intramolecular Hbond substituents is 2. The van der Waals surface area contributed by atoms with E-state index in [1.165, 1.54) is 0 Å². The van der Waals surface area contributed by atoms with Gasteiger partial charge in [-0.25, -0.2) is 0 Å². The van der Waals surface area contributed by atoms with E-state index in [1.807, 2.05) is 12.1 Å². The molecule has 0 aliphatic heterocycles. The van der Waals surface area contributed by atoms with E-state index in [4.69, 9.17) is 16.0 Å². The van der Waals surface area contributed by atoms with E-state index in [0.29, 0.717) is 16.9 Å². The topological polar surface area (TPSA) is 66.5 Å². The average molecular weight is 312 g/mol.